The van der Waals surface area contributed by atoms with Gasteiger partial charge in [0.1, 0.15) is 17.5 Å². The molecule has 2 atom stereocenters. The van der Waals surface area contributed by atoms with Crippen LogP contribution in [0.15, 0.2) is 42.5 Å². The normalized spacial score (nSPS) is 18.6. The van der Waals surface area contributed by atoms with Crippen LogP contribution in [0.3, 0.4) is 0 Å². The Kier molecular flexibility index (Phi) is 7.42. The lowest BCUT2D eigenvalue weighted by Crippen LogP contribution is -2.52. The van der Waals surface area contributed by atoms with Crippen molar-refractivity contribution in [3.63, 3.8) is 0 Å². The van der Waals surface area contributed by atoms with Gasteiger partial charge in [-0.15, -0.1) is 0 Å². The summed E-state index contributed by atoms with van der Waals surface area (Å²) in [7, 11) is 0. The third-order valence-corrected chi connectivity index (χ3v) is 5.58. The molecule has 3 rings (SSSR count). The van der Waals surface area contributed by atoms with E-state index in [1.54, 1.807) is 12.1 Å². The van der Waals surface area contributed by atoms with Gasteiger partial charge in [-0.25, -0.2) is 9.18 Å². The van der Waals surface area contributed by atoms with Crippen LogP contribution in [0.4, 0.5) is 9.18 Å². The molecule has 0 bridgehead atoms. The van der Waals surface area contributed by atoms with Crippen molar-refractivity contribution < 1.29 is 24.1 Å². The van der Waals surface area contributed by atoms with Crippen LogP contribution in [0.5, 0.6) is 0 Å². The lowest BCUT2D eigenvalue weighted by atomic mass is 9.79. The summed E-state index contributed by atoms with van der Waals surface area (Å²) in [6, 6.07) is 12.4. The molecule has 7 heteroatoms. The highest BCUT2D eigenvalue weighted by Crippen LogP contribution is 2.40. The van der Waals surface area contributed by atoms with Crippen LogP contribution in [0.1, 0.15) is 30.9 Å². The highest BCUT2D eigenvalue weighted by atomic mass is 19.1. The number of benzene rings is 2. The summed E-state index contributed by atoms with van der Waals surface area (Å²) >= 11 is 0. The first-order valence-electron chi connectivity index (χ1n) is 10.4. The lowest BCUT2D eigenvalue weighted by Gasteiger charge is -2.40. The smallest absolute Gasteiger partial charge is 0.404 e. The number of hydrogen-bond acceptors (Lipinski definition) is 4. The Bertz CT molecular complexity index is 870. The fourth-order valence-corrected chi connectivity index (χ4v) is 4.02. The van der Waals surface area contributed by atoms with Gasteiger partial charge < -0.3 is 25.6 Å². The van der Waals surface area contributed by atoms with E-state index in [4.69, 9.17) is 9.84 Å². The Morgan fingerprint density at radius 2 is 2.13 bits per heavy atom. The molecule has 1 heterocycles. The standard InChI is InChI=1S/C23H29FN2O4/c1-2-16-6-3-7-17(14-16)21-18(8-4-9-19(21)24)23(29,10-5-11-26-22(27)28)20-15-25-12-13-30-20/h3-4,6-9,14,20,25-26,29H,2,5,10-13,15H2,1H3,(H,27,28)/t20-,23-/m1/s1. The zero-order valence-electron chi connectivity index (χ0n) is 17.2. The van der Waals surface area contributed by atoms with E-state index in [0.717, 1.165) is 12.0 Å². The van der Waals surface area contributed by atoms with Crippen molar-refractivity contribution in [1.82, 2.24) is 10.6 Å². The first-order chi connectivity index (χ1) is 14.5. The van der Waals surface area contributed by atoms with E-state index in [2.05, 4.69) is 10.6 Å². The van der Waals surface area contributed by atoms with E-state index < -0.39 is 23.6 Å². The van der Waals surface area contributed by atoms with Crippen LogP contribution in [0, 0.1) is 5.82 Å². The van der Waals surface area contributed by atoms with Gasteiger partial charge in [-0.3, -0.25) is 0 Å². The summed E-state index contributed by atoms with van der Waals surface area (Å²) in [6.45, 7) is 3.77. The molecule has 0 aromatic heterocycles. The summed E-state index contributed by atoms with van der Waals surface area (Å²) in [5, 5.41) is 26.2. The Hall–Kier alpha value is -2.48. The molecule has 4 N–H and O–H groups in total. The van der Waals surface area contributed by atoms with Gasteiger partial charge in [0.15, 0.2) is 0 Å². The SMILES string of the molecule is CCc1cccc(-c2c(F)cccc2[C@](O)(CCCNC(=O)O)[C@H]2CNCCO2)c1. The number of carboxylic acid groups (broad SMARTS) is 1. The molecule has 1 fully saturated rings. The minimum absolute atomic E-state index is 0.188. The number of ether oxygens (including phenoxy) is 1. The molecule has 0 unspecified atom stereocenters. The van der Waals surface area contributed by atoms with E-state index in [1.165, 1.54) is 6.07 Å². The molecule has 1 aliphatic rings. The van der Waals surface area contributed by atoms with Gasteiger partial charge in [0.25, 0.3) is 0 Å². The second kappa shape index (κ2) is 10.0. The Morgan fingerprint density at radius 3 is 2.83 bits per heavy atom. The maximum atomic E-state index is 15.1. The molecular formula is C23H29FN2O4. The molecular weight excluding hydrogens is 387 g/mol. The predicted molar refractivity (Wildman–Crippen MR) is 113 cm³/mol. The monoisotopic (exact) mass is 416 g/mol. The second-order valence-electron chi connectivity index (χ2n) is 7.54. The average Bonchev–Trinajstić information content (AvgIpc) is 2.77. The van der Waals surface area contributed by atoms with Crippen LogP contribution in [0.25, 0.3) is 11.1 Å². The Morgan fingerprint density at radius 1 is 1.33 bits per heavy atom. The maximum Gasteiger partial charge on any atom is 0.404 e. The number of amides is 1. The summed E-state index contributed by atoms with van der Waals surface area (Å²) < 4.78 is 21.0. The summed E-state index contributed by atoms with van der Waals surface area (Å²) in [4.78, 5) is 10.8. The molecule has 1 aliphatic heterocycles. The first kappa shape index (κ1) is 22.2. The minimum Gasteiger partial charge on any atom is -0.465 e. The largest absolute Gasteiger partial charge is 0.465 e. The van der Waals surface area contributed by atoms with Crippen LogP contribution in [-0.2, 0) is 16.8 Å². The number of aryl methyl sites for hydroxylation is 1. The van der Waals surface area contributed by atoms with Crippen molar-refractivity contribution in [3.05, 3.63) is 59.4 Å². The Labute approximate surface area is 176 Å². The van der Waals surface area contributed by atoms with Gasteiger partial charge in [0.2, 0.25) is 0 Å². The third-order valence-electron chi connectivity index (χ3n) is 5.58. The molecule has 2 aromatic carbocycles. The molecule has 1 amide bonds. The zero-order valence-corrected chi connectivity index (χ0v) is 17.2. The molecule has 0 saturated carbocycles. The molecule has 162 valence electrons. The van der Waals surface area contributed by atoms with Crippen LogP contribution in [0.2, 0.25) is 0 Å². The second-order valence-corrected chi connectivity index (χ2v) is 7.54. The number of carbonyl (C=O) groups is 1. The number of nitrogens with one attached hydrogen (secondary N) is 2. The van der Waals surface area contributed by atoms with E-state index in [-0.39, 0.29) is 13.0 Å². The van der Waals surface area contributed by atoms with Crippen molar-refractivity contribution in [3.8, 4) is 11.1 Å². The molecule has 30 heavy (non-hydrogen) atoms. The molecule has 2 aromatic rings. The maximum absolute atomic E-state index is 15.1. The molecule has 1 saturated heterocycles. The molecule has 6 nitrogen and oxygen atoms in total. The van der Waals surface area contributed by atoms with Crippen molar-refractivity contribution in [2.75, 3.05) is 26.2 Å². The van der Waals surface area contributed by atoms with Crippen LogP contribution >= 0.6 is 0 Å². The van der Waals surface area contributed by atoms with Gasteiger partial charge in [-0.05, 0) is 42.0 Å². The Balaban J connectivity index is 2.04. The van der Waals surface area contributed by atoms with E-state index in [0.29, 0.717) is 42.8 Å². The van der Waals surface area contributed by atoms with Crippen LogP contribution < -0.4 is 10.6 Å². The number of morpholine rings is 1. The van der Waals surface area contributed by atoms with Crippen molar-refractivity contribution >= 4 is 6.09 Å². The number of aliphatic hydroxyl groups is 1. The fourth-order valence-electron chi connectivity index (χ4n) is 4.02. The van der Waals surface area contributed by atoms with Crippen molar-refractivity contribution in [2.45, 2.75) is 37.9 Å². The molecule has 0 radical (unpaired) electrons. The van der Waals surface area contributed by atoms with Crippen LogP contribution in [-0.4, -0.2) is 48.7 Å². The first-order valence-corrected chi connectivity index (χ1v) is 10.4. The van der Waals surface area contributed by atoms with Gasteiger partial charge in [0, 0.05) is 25.2 Å². The van der Waals surface area contributed by atoms with Crippen molar-refractivity contribution in [1.29, 1.82) is 0 Å². The number of halogens is 1. The summed E-state index contributed by atoms with van der Waals surface area (Å²) in [5.41, 5.74) is 1.11. The number of hydrogen-bond donors (Lipinski definition) is 4. The van der Waals surface area contributed by atoms with Crippen molar-refractivity contribution in [2.24, 2.45) is 0 Å². The van der Waals surface area contributed by atoms with Gasteiger partial charge in [0.05, 0.1) is 6.61 Å². The summed E-state index contributed by atoms with van der Waals surface area (Å²) in [5.74, 6) is -0.411. The van der Waals surface area contributed by atoms with E-state index >= 15 is 4.39 Å². The van der Waals surface area contributed by atoms with Gasteiger partial charge in [-0.2, -0.15) is 0 Å². The van der Waals surface area contributed by atoms with E-state index in [1.807, 2.05) is 31.2 Å². The highest BCUT2D eigenvalue weighted by Gasteiger charge is 2.42. The summed E-state index contributed by atoms with van der Waals surface area (Å²) in [6.07, 6.45) is -0.266. The lowest BCUT2D eigenvalue weighted by molar-refractivity contribution is -0.129. The topological polar surface area (TPSA) is 90.8 Å². The van der Waals surface area contributed by atoms with E-state index in [9.17, 15) is 9.90 Å². The van der Waals surface area contributed by atoms with Gasteiger partial charge in [-0.1, -0.05) is 43.3 Å². The molecule has 0 aliphatic carbocycles. The van der Waals surface area contributed by atoms with Gasteiger partial charge >= 0.3 is 6.09 Å². The quantitative estimate of drug-likeness (QED) is 0.496. The highest BCUT2D eigenvalue weighted by molar-refractivity contribution is 5.70. The fraction of sp³-hybridized carbons (Fsp3) is 0.435. The number of rotatable bonds is 8. The predicted octanol–water partition coefficient (Wildman–Crippen LogP) is 3.28. The minimum atomic E-state index is -1.48. The average molecular weight is 416 g/mol. The third kappa shape index (κ3) is 4.98. The molecule has 0 spiro atoms. The zero-order chi connectivity index (χ0) is 21.6.